The molecule has 0 unspecified atom stereocenters. The highest BCUT2D eigenvalue weighted by Crippen LogP contribution is 2.36. The summed E-state index contributed by atoms with van der Waals surface area (Å²) in [5, 5.41) is 11.0. The zero-order valence-corrected chi connectivity index (χ0v) is 24.5. The molecule has 0 saturated carbocycles. The van der Waals surface area contributed by atoms with Gasteiger partial charge in [0.2, 0.25) is 5.75 Å². The maximum atomic E-state index is 13.5. The van der Waals surface area contributed by atoms with E-state index < -0.39 is 39.0 Å². The minimum atomic E-state index is -3.68. The fraction of sp³-hybridized carbons (Fsp3) is 0.357. The monoisotopic (exact) mass is 618 g/mol. The molecule has 1 fully saturated rings. The normalized spacial score (nSPS) is 17.1. The van der Waals surface area contributed by atoms with Gasteiger partial charge in [-0.2, -0.15) is 4.98 Å². The number of halogens is 2. The molecule has 5 rings (SSSR count). The Hall–Kier alpha value is -3.41. The van der Waals surface area contributed by atoms with Crippen LogP contribution in [0.2, 0.25) is 10.0 Å². The molecule has 2 amide bonds. The number of rotatable bonds is 7. The Labute approximate surface area is 247 Å². The van der Waals surface area contributed by atoms with Crippen molar-refractivity contribution in [3.63, 3.8) is 0 Å². The number of amides is 2. The van der Waals surface area contributed by atoms with Crippen LogP contribution in [0.4, 0.5) is 0 Å². The molecule has 3 aromatic rings. The number of nitrogens with zero attached hydrogens (tertiary/aromatic N) is 4. The van der Waals surface area contributed by atoms with Crippen LogP contribution in [0.3, 0.4) is 0 Å². The molecule has 1 aromatic heterocycles. The van der Waals surface area contributed by atoms with Crippen LogP contribution in [0.1, 0.15) is 58.0 Å². The van der Waals surface area contributed by atoms with Gasteiger partial charge in [0, 0.05) is 26.2 Å². The summed E-state index contributed by atoms with van der Waals surface area (Å²) in [5.41, 5.74) is -0.128. The third-order valence-corrected chi connectivity index (χ3v) is 9.92. The third kappa shape index (κ3) is 5.45. The Morgan fingerprint density at radius 3 is 2.39 bits per heavy atom. The number of aryl methyl sites for hydroxylation is 1. The minimum Gasteiger partial charge on any atom is -0.501 e. The van der Waals surface area contributed by atoms with E-state index >= 15 is 0 Å². The molecule has 3 heterocycles. The lowest BCUT2D eigenvalue weighted by molar-refractivity contribution is 0.0689. The van der Waals surface area contributed by atoms with Crippen molar-refractivity contribution in [1.29, 1.82) is 0 Å². The second kappa shape index (κ2) is 11.5. The molecule has 0 radical (unpaired) electrons. The van der Waals surface area contributed by atoms with Crippen molar-refractivity contribution in [2.45, 2.75) is 43.7 Å². The molecule has 2 aliphatic heterocycles. The van der Waals surface area contributed by atoms with E-state index in [-0.39, 0.29) is 57.4 Å². The van der Waals surface area contributed by atoms with E-state index in [0.29, 0.717) is 19.4 Å². The first-order chi connectivity index (χ1) is 19.5. The number of fused-ring (bicyclic) bond motifs is 1. The topological polar surface area (TPSA) is 130 Å². The average molecular weight is 620 g/mol. The van der Waals surface area contributed by atoms with Crippen LogP contribution >= 0.6 is 23.2 Å². The smallest absolute Gasteiger partial charge is 0.315 e. The van der Waals surface area contributed by atoms with E-state index in [0.717, 1.165) is 12.0 Å². The van der Waals surface area contributed by atoms with Crippen LogP contribution in [-0.2, 0) is 22.8 Å². The second-order valence-corrected chi connectivity index (χ2v) is 12.9. The van der Waals surface area contributed by atoms with Gasteiger partial charge in [0.1, 0.15) is 5.82 Å². The van der Waals surface area contributed by atoms with E-state index in [1.807, 2.05) is 6.92 Å². The molecule has 41 heavy (non-hydrogen) atoms. The van der Waals surface area contributed by atoms with Crippen LogP contribution in [0.15, 0.2) is 52.2 Å². The van der Waals surface area contributed by atoms with Crippen molar-refractivity contribution in [2.24, 2.45) is 0 Å². The van der Waals surface area contributed by atoms with Gasteiger partial charge in [-0.15, -0.1) is 0 Å². The fourth-order valence-corrected chi connectivity index (χ4v) is 7.15. The SMILES string of the molecule is CCc1ccc(S(=O)(=O)CCN2CCn3c([C@@H]4CCCN4C(=O)c4c(Cl)cccc4Cl)nc(=O)c(O)c3C2=O)cc1. The molecular formula is C28H28Cl2N4O6S. The van der Waals surface area contributed by atoms with Gasteiger partial charge in [-0.1, -0.05) is 48.3 Å². The van der Waals surface area contributed by atoms with E-state index in [1.165, 1.54) is 14.4 Å². The van der Waals surface area contributed by atoms with Gasteiger partial charge in [0.05, 0.1) is 32.3 Å². The second-order valence-electron chi connectivity index (χ2n) is 9.99. The molecule has 216 valence electrons. The summed E-state index contributed by atoms with van der Waals surface area (Å²) >= 11 is 12.6. The average Bonchev–Trinajstić information content (AvgIpc) is 3.44. The molecule has 1 atom stereocenters. The van der Waals surface area contributed by atoms with Crippen LogP contribution in [0.25, 0.3) is 0 Å². The van der Waals surface area contributed by atoms with Crippen molar-refractivity contribution in [3.8, 4) is 5.75 Å². The quantitative estimate of drug-likeness (QED) is 0.427. The summed E-state index contributed by atoms with van der Waals surface area (Å²) in [6.07, 6.45) is 1.86. The summed E-state index contributed by atoms with van der Waals surface area (Å²) in [4.78, 5) is 46.8. The lowest BCUT2D eigenvalue weighted by Gasteiger charge is -2.34. The van der Waals surface area contributed by atoms with E-state index in [1.54, 1.807) is 42.5 Å². The van der Waals surface area contributed by atoms with Crippen molar-refractivity contribution in [3.05, 3.63) is 85.5 Å². The summed E-state index contributed by atoms with van der Waals surface area (Å²) in [6, 6.07) is 10.7. The summed E-state index contributed by atoms with van der Waals surface area (Å²) in [5.74, 6) is -2.08. The lowest BCUT2D eigenvalue weighted by Crippen LogP contribution is -2.46. The Morgan fingerprint density at radius 1 is 1.05 bits per heavy atom. The van der Waals surface area contributed by atoms with Gasteiger partial charge >= 0.3 is 5.56 Å². The predicted octanol–water partition coefficient (Wildman–Crippen LogP) is 3.73. The molecule has 1 saturated heterocycles. The summed E-state index contributed by atoms with van der Waals surface area (Å²) < 4.78 is 27.3. The van der Waals surface area contributed by atoms with Crippen molar-refractivity contribution in [2.75, 3.05) is 25.4 Å². The Morgan fingerprint density at radius 2 is 1.73 bits per heavy atom. The molecule has 0 bridgehead atoms. The van der Waals surface area contributed by atoms with Gasteiger partial charge in [0.15, 0.2) is 15.5 Å². The number of aromatic nitrogens is 2. The maximum absolute atomic E-state index is 13.5. The van der Waals surface area contributed by atoms with Gasteiger partial charge < -0.3 is 19.5 Å². The van der Waals surface area contributed by atoms with Crippen molar-refractivity contribution < 1.29 is 23.1 Å². The van der Waals surface area contributed by atoms with Crippen molar-refractivity contribution >= 4 is 44.9 Å². The van der Waals surface area contributed by atoms with E-state index in [2.05, 4.69) is 4.98 Å². The van der Waals surface area contributed by atoms with Gasteiger partial charge in [0.25, 0.3) is 11.8 Å². The highest BCUT2D eigenvalue weighted by Gasteiger charge is 2.39. The maximum Gasteiger partial charge on any atom is 0.315 e. The number of sulfone groups is 1. The predicted molar refractivity (Wildman–Crippen MR) is 153 cm³/mol. The first-order valence-electron chi connectivity index (χ1n) is 13.2. The summed E-state index contributed by atoms with van der Waals surface area (Å²) in [6.45, 7) is 2.48. The molecule has 0 spiro atoms. The molecule has 2 aromatic carbocycles. The van der Waals surface area contributed by atoms with Crippen LogP contribution < -0.4 is 5.56 Å². The Bertz CT molecular complexity index is 1670. The highest BCUT2D eigenvalue weighted by molar-refractivity contribution is 7.91. The molecular weight excluding hydrogens is 591 g/mol. The molecule has 2 aliphatic rings. The number of likely N-dealkylation sites (tertiary alicyclic amines) is 1. The Balaban J connectivity index is 1.42. The van der Waals surface area contributed by atoms with Gasteiger partial charge in [-0.05, 0) is 49.1 Å². The summed E-state index contributed by atoms with van der Waals surface area (Å²) in [7, 11) is -3.68. The third-order valence-electron chi connectivity index (χ3n) is 7.58. The van der Waals surface area contributed by atoms with Gasteiger partial charge in [-0.25, -0.2) is 8.42 Å². The number of benzene rings is 2. The minimum absolute atomic E-state index is 0.124. The lowest BCUT2D eigenvalue weighted by atomic mass is 10.1. The van der Waals surface area contributed by atoms with Crippen LogP contribution in [-0.4, -0.2) is 70.1 Å². The number of carbonyl (C=O) groups is 2. The number of aromatic hydroxyl groups is 1. The number of hydrogen-bond acceptors (Lipinski definition) is 7. The van der Waals surface area contributed by atoms with Gasteiger partial charge in [-0.3, -0.25) is 14.4 Å². The first kappa shape index (κ1) is 29.1. The first-order valence-corrected chi connectivity index (χ1v) is 15.6. The zero-order chi connectivity index (χ0) is 29.5. The largest absolute Gasteiger partial charge is 0.501 e. The van der Waals surface area contributed by atoms with E-state index in [4.69, 9.17) is 23.2 Å². The molecule has 13 heteroatoms. The Kier molecular flexibility index (Phi) is 8.13. The van der Waals surface area contributed by atoms with Crippen molar-refractivity contribution in [1.82, 2.24) is 19.4 Å². The van der Waals surface area contributed by atoms with Crippen LogP contribution in [0.5, 0.6) is 5.75 Å². The van der Waals surface area contributed by atoms with Crippen LogP contribution in [0, 0.1) is 0 Å². The highest BCUT2D eigenvalue weighted by atomic mass is 35.5. The zero-order valence-electron chi connectivity index (χ0n) is 22.2. The molecule has 1 N–H and O–H groups in total. The molecule has 0 aliphatic carbocycles. The molecule has 10 nitrogen and oxygen atoms in total. The number of hydrogen-bond donors (Lipinski definition) is 1. The standard InChI is InChI=1S/C28H28Cl2N4O6S/c1-2-17-8-10-18(11-9-17)41(39,40)16-15-32-13-14-34-23(28(32)38)24(35)26(36)31-25(34)21-7-4-12-33(21)27(37)22-19(29)5-3-6-20(22)30/h3,5-6,8-11,21,35H,2,4,7,12-16H2,1H3/t21-/m0/s1. The van der Waals surface area contributed by atoms with E-state index in [9.17, 15) is 27.9 Å². The fourth-order valence-electron chi connectivity index (χ4n) is 5.35. The number of carbonyl (C=O) groups excluding carboxylic acids is 2.